The summed E-state index contributed by atoms with van der Waals surface area (Å²) in [6.45, 7) is 11.8. The Kier molecular flexibility index (Phi) is 5.98. The molecule has 1 N–H and O–H groups in total. The van der Waals surface area contributed by atoms with Crippen molar-refractivity contribution in [1.82, 2.24) is 20.4 Å². The fourth-order valence-electron chi connectivity index (χ4n) is 2.68. The molecule has 114 valence electrons. The molecule has 0 saturated carbocycles. The van der Waals surface area contributed by atoms with E-state index in [4.69, 9.17) is 4.52 Å². The molecular formula is C15H28N4O. The number of aromatic nitrogens is 2. The van der Waals surface area contributed by atoms with Crippen molar-refractivity contribution < 1.29 is 4.52 Å². The number of hydrogen-bond donors (Lipinski definition) is 1. The summed E-state index contributed by atoms with van der Waals surface area (Å²) in [6, 6.07) is 0. The first-order valence-electron chi connectivity index (χ1n) is 7.92. The second kappa shape index (κ2) is 7.74. The van der Waals surface area contributed by atoms with E-state index in [9.17, 15) is 0 Å². The zero-order chi connectivity index (χ0) is 14.4. The van der Waals surface area contributed by atoms with E-state index in [2.05, 4.69) is 41.1 Å². The van der Waals surface area contributed by atoms with Gasteiger partial charge >= 0.3 is 0 Å². The van der Waals surface area contributed by atoms with Crippen LogP contribution in [0.3, 0.4) is 0 Å². The van der Waals surface area contributed by atoms with Crippen LogP contribution < -0.4 is 5.32 Å². The Balaban J connectivity index is 1.73. The Hall–Kier alpha value is -0.940. The highest BCUT2D eigenvalue weighted by atomic mass is 16.5. The molecule has 0 aromatic carbocycles. The fourth-order valence-corrected chi connectivity index (χ4v) is 2.68. The summed E-state index contributed by atoms with van der Waals surface area (Å²) < 4.78 is 5.29. The second-order valence-corrected chi connectivity index (χ2v) is 6.23. The summed E-state index contributed by atoms with van der Waals surface area (Å²) in [5.74, 6) is 3.00. The predicted molar refractivity (Wildman–Crippen MR) is 79.4 cm³/mol. The van der Waals surface area contributed by atoms with Crippen molar-refractivity contribution >= 4 is 0 Å². The highest BCUT2D eigenvalue weighted by Crippen LogP contribution is 2.18. The summed E-state index contributed by atoms with van der Waals surface area (Å²) in [4.78, 5) is 6.92. The largest absolute Gasteiger partial charge is 0.339 e. The zero-order valence-corrected chi connectivity index (χ0v) is 13.1. The van der Waals surface area contributed by atoms with Crippen LogP contribution >= 0.6 is 0 Å². The quantitative estimate of drug-likeness (QED) is 0.829. The lowest BCUT2D eigenvalue weighted by molar-refractivity contribution is 0.170. The van der Waals surface area contributed by atoms with E-state index >= 15 is 0 Å². The van der Waals surface area contributed by atoms with Crippen molar-refractivity contribution in [3.05, 3.63) is 11.7 Å². The van der Waals surface area contributed by atoms with Gasteiger partial charge in [0, 0.05) is 6.42 Å². The predicted octanol–water partition coefficient (Wildman–Crippen LogP) is 2.09. The summed E-state index contributed by atoms with van der Waals surface area (Å²) in [5.41, 5.74) is 0. The second-order valence-electron chi connectivity index (χ2n) is 6.23. The van der Waals surface area contributed by atoms with Crippen LogP contribution in [0.4, 0.5) is 0 Å². The summed E-state index contributed by atoms with van der Waals surface area (Å²) >= 11 is 0. The Morgan fingerprint density at radius 3 is 2.75 bits per heavy atom. The van der Waals surface area contributed by atoms with Gasteiger partial charge in [0.1, 0.15) is 0 Å². The Labute approximate surface area is 122 Å². The molecule has 0 atom stereocenters. The van der Waals surface area contributed by atoms with Gasteiger partial charge in [-0.2, -0.15) is 4.98 Å². The minimum absolute atomic E-state index is 0.560. The number of hydrogen-bond acceptors (Lipinski definition) is 5. The van der Waals surface area contributed by atoms with E-state index in [1.54, 1.807) is 0 Å². The third-order valence-electron chi connectivity index (χ3n) is 3.85. The average molecular weight is 280 g/mol. The van der Waals surface area contributed by atoms with Crippen LogP contribution in [-0.2, 0) is 13.0 Å². The highest BCUT2D eigenvalue weighted by Gasteiger charge is 2.20. The molecule has 0 radical (unpaired) electrons. The zero-order valence-electron chi connectivity index (χ0n) is 13.1. The monoisotopic (exact) mass is 280 g/mol. The van der Waals surface area contributed by atoms with E-state index in [1.807, 2.05) is 0 Å². The van der Waals surface area contributed by atoms with Gasteiger partial charge in [-0.3, -0.25) is 4.90 Å². The fraction of sp³-hybridized carbons (Fsp3) is 0.867. The molecular weight excluding hydrogens is 252 g/mol. The van der Waals surface area contributed by atoms with Gasteiger partial charge in [-0.05, 0) is 50.9 Å². The summed E-state index contributed by atoms with van der Waals surface area (Å²) in [5, 5.41) is 7.54. The molecule has 2 heterocycles. The van der Waals surface area contributed by atoms with Gasteiger partial charge in [0.2, 0.25) is 5.89 Å². The van der Waals surface area contributed by atoms with Crippen molar-refractivity contribution in [2.75, 3.05) is 26.2 Å². The van der Waals surface area contributed by atoms with Crippen LogP contribution in [0, 0.1) is 11.8 Å². The molecule has 0 spiro atoms. The molecule has 5 nitrogen and oxygen atoms in total. The van der Waals surface area contributed by atoms with Gasteiger partial charge in [-0.25, -0.2) is 0 Å². The Morgan fingerprint density at radius 1 is 1.35 bits per heavy atom. The maximum atomic E-state index is 5.29. The van der Waals surface area contributed by atoms with Crippen LogP contribution in [0.5, 0.6) is 0 Å². The minimum atomic E-state index is 0.560. The van der Waals surface area contributed by atoms with Gasteiger partial charge < -0.3 is 9.84 Å². The van der Waals surface area contributed by atoms with Crippen LogP contribution in [-0.4, -0.2) is 41.2 Å². The van der Waals surface area contributed by atoms with Gasteiger partial charge in [0.05, 0.1) is 6.54 Å². The van der Waals surface area contributed by atoms with Gasteiger partial charge in [-0.1, -0.05) is 25.9 Å². The van der Waals surface area contributed by atoms with Crippen LogP contribution in [0.15, 0.2) is 4.52 Å². The van der Waals surface area contributed by atoms with E-state index in [-0.39, 0.29) is 0 Å². The Morgan fingerprint density at radius 2 is 2.10 bits per heavy atom. The smallest absolute Gasteiger partial charge is 0.226 e. The maximum Gasteiger partial charge on any atom is 0.226 e. The lowest BCUT2D eigenvalue weighted by atomic mass is 9.97. The van der Waals surface area contributed by atoms with Crippen molar-refractivity contribution in [1.29, 1.82) is 0 Å². The third-order valence-corrected chi connectivity index (χ3v) is 3.85. The Bertz CT molecular complexity index is 383. The highest BCUT2D eigenvalue weighted by molar-refractivity contribution is 4.88. The number of nitrogens with zero attached hydrogens (tertiary/aromatic N) is 3. The molecule has 1 aliphatic rings. The molecule has 1 saturated heterocycles. The van der Waals surface area contributed by atoms with E-state index in [0.29, 0.717) is 5.92 Å². The number of rotatable bonds is 7. The molecule has 0 bridgehead atoms. The van der Waals surface area contributed by atoms with Crippen LogP contribution in [0.25, 0.3) is 0 Å². The molecule has 1 aromatic heterocycles. The summed E-state index contributed by atoms with van der Waals surface area (Å²) in [6.07, 6.45) is 3.41. The van der Waals surface area contributed by atoms with Gasteiger partial charge in [-0.15, -0.1) is 0 Å². The van der Waals surface area contributed by atoms with Crippen LogP contribution in [0.1, 0.15) is 45.3 Å². The molecule has 5 heteroatoms. The summed E-state index contributed by atoms with van der Waals surface area (Å²) in [7, 11) is 0. The molecule has 2 rings (SSSR count). The third kappa shape index (κ3) is 4.87. The van der Waals surface area contributed by atoms with Crippen molar-refractivity contribution in [3.8, 4) is 0 Å². The van der Waals surface area contributed by atoms with Crippen molar-refractivity contribution in [2.24, 2.45) is 11.8 Å². The molecule has 0 aliphatic carbocycles. The average Bonchev–Trinajstić information content (AvgIpc) is 2.84. The molecule has 0 unspecified atom stereocenters. The van der Waals surface area contributed by atoms with Crippen LogP contribution in [0.2, 0.25) is 0 Å². The van der Waals surface area contributed by atoms with Crippen molar-refractivity contribution in [2.45, 2.75) is 46.6 Å². The SMILES string of the molecule is CCNCC1CCN(Cc2noc(CC(C)C)n2)CC1. The molecule has 1 aliphatic heterocycles. The molecule has 20 heavy (non-hydrogen) atoms. The van der Waals surface area contributed by atoms with E-state index in [1.165, 1.54) is 12.8 Å². The maximum absolute atomic E-state index is 5.29. The van der Waals surface area contributed by atoms with Gasteiger partial charge in [0.25, 0.3) is 0 Å². The number of nitrogens with one attached hydrogen (secondary N) is 1. The first-order chi connectivity index (χ1) is 9.67. The molecule has 1 aromatic rings. The number of likely N-dealkylation sites (tertiary alicyclic amines) is 1. The number of piperidine rings is 1. The lowest BCUT2D eigenvalue weighted by Gasteiger charge is -2.31. The first kappa shape index (κ1) is 15.4. The van der Waals surface area contributed by atoms with E-state index in [0.717, 1.165) is 56.8 Å². The topological polar surface area (TPSA) is 54.2 Å². The van der Waals surface area contributed by atoms with E-state index < -0.39 is 0 Å². The minimum Gasteiger partial charge on any atom is -0.339 e. The standard InChI is InChI=1S/C15H28N4O/c1-4-16-10-13-5-7-19(8-6-13)11-14-17-15(20-18-14)9-12(2)3/h12-13,16H,4-11H2,1-3H3. The van der Waals surface area contributed by atoms with Crippen molar-refractivity contribution in [3.63, 3.8) is 0 Å². The molecule has 1 fully saturated rings. The normalized spacial score (nSPS) is 18.0. The van der Waals surface area contributed by atoms with Gasteiger partial charge in [0.15, 0.2) is 5.82 Å². The first-order valence-corrected chi connectivity index (χ1v) is 7.92. The lowest BCUT2D eigenvalue weighted by Crippen LogP contribution is -2.37. The molecule has 0 amide bonds.